The second-order valence-electron chi connectivity index (χ2n) is 8.08. The number of sulfonamides is 1. The first-order valence-electron chi connectivity index (χ1n) is 10.8. The van der Waals surface area contributed by atoms with E-state index >= 15 is 0 Å². The molecule has 7 nitrogen and oxygen atoms in total. The van der Waals surface area contributed by atoms with Gasteiger partial charge in [-0.3, -0.25) is 4.79 Å². The van der Waals surface area contributed by atoms with Gasteiger partial charge in [-0.15, -0.1) is 0 Å². The van der Waals surface area contributed by atoms with Gasteiger partial charge in [0.15, 0.2) is 0 Å². The van der Waals surface area contributed by atoms with Crippen molar-refractivity contribution in [3.05, 3.63) is 52.8 Å². The molecule has 1 aliphatic heterocycles. The largest absolute Gasteiger partial charge is 0.495 e. The lowest BCUT2D eigenvalue weighted by atomic mass is 10.1. The smallest absolute Gasteiger partial charge is 0.255 e. The Bertz CT molecular complexity index is 1130. The number of halogens is 2. The maximum absolute atomic E-state index is 13.4. The summed E-state index contributed by atoms with van der Waals surface area (Å²) in [6.07, 6.45) is 0.712. The van der Waals surface area contributed by atoms with Gasteiger partial charge in [0, 0.05) is 39.3 Å². The Morgan fingerprint density at radius 2 is 1.97 bits per heavy atom. The van der Waals surface area contributed by atoms with Crippen molar-refractivity contribution < 1.29 is 22.3 Å². The van der Waals surface area contributed by atoms with Gasteiger partial charge in [-0.1, -0.05) is 18.5 Å². The third-order valence-electron chi connectivity index (χ3n) is 5.78. The highest BCUT2D eigenvalue weighted by molar-refractivity contribution is 7.89. The molecule has 1 saturated heterocycles. The third-order valence-corrected chi connectivity index (χ3v) is 7.95. The number of hydrogen-bond acceptors (Lipinski definition) is 5. The van der Waals surface area contributed by atoms with Crippen molar-refractivity contribution in [1.82, 2.24) is 9.21 Å². The van der Waals surface area contributed by atoms with Crippen LogP contribution in [0.2, 0.25) is 5.02 Å². The fraction of sp³-hybridized carbons (Fsp3) is 0.435. The zero-order chi connectivity index (χ0) is 24.3. The van der Waals surface area contributed by atoms with Crippen molar-refractivity contribution in [2.45, 2.75) is 31.2 Å². The summed E-state index contributed by atoms with van der Waals surface area (Å²) in [7, 11) is -0.527. The Labute approximate surface area is 199 Å². The molecule has 2 aromatic rings. The molecule has 0 aromatic heterocycles. The molecule has 1 fully saturated rings. The van der Waals surface area contributed by atoms with E-state index in [0.29, 0.717) is 44.0 Å². The van der Waals surface area contributed by atoms with Crippen LogP contribution in [0, 0.1) is 5.82 Å². The second kappa shape index (κ2) is 10.3. The molecule has 0 radical (unpaired) electrons. The van der Waals surface area contributed by atoms with E-state index in [9.17, 15) is 17.6 Å². The van der Waals surface area contributed by atoms with Gasteiger partial charge in [0.05, 0.1) is 28.3 Å². The van der Waals surface area contributed by atoms with E-state index in [4.69, 9.17) is 16.3 Å². The number of carbonyl (C=O) groups is 1. The lowest BCUT2D eigenvalue weighted by Crippen LogP contribution is -2.54. The monoisotopic (exact) mass is 497 g/mol. The van der Waals surface area contributed by atoms with Gasteiger partial charge in [0.1, 0.15) is 11.6 Å². The number of methoxy groups -OCH3 is 1. The molecule has 3 rings (SSSR count). The third kappa shape index (κ3) is 5.26. The van der Waals surface area contributed by atoms with Crippen LogP contribution in [-0.4, -0.2) is 69.9 Å². The van der Waals surface area contributed by atoms with E-state index in [1.54, 1.807) is 30.1 Å². The first-order valence-corrected chi connectivity index (χ1v) is 12.6. The molecule has 1 heterocycles. The highest BCUT2D eigenvalue weighted by Gasteiger charge is 2.31. The molecule has 0 unspecified atom stereocenters. The number of anilines is 1. The van der Waals surface area contributed by atoms with E-state index in [2.05, 4.69) is 0 Å². The summed E-state index contributed by atoms with van der Waals surface area (Å²) in [5.41, 5.74) is 0.909. The number of benzene rings is 2. The van der Waals surface area contributed by atoms with Crippen LogP contribution in [0.15, 0.2) is 41.3 Å². The number of rotatable bonds is 7. The minimum absolute atomic E-state index is 0.0749. The summed E-state index contributed by atoms with van der Waals surface area (Å²) in [6, 6.07) is 8.44. The van der Waals surface area contributed by atoms with Crippen LogP contribution in [0.4, 0.5) is 10.1 Å². The lowest BCUT2D eigenvalue weighted by Gasteiger charge is -2.42. The molecular weight excluding hydrogens is 469 g/mol. The SMILES string of the molecule is CCCN(C)S(=O)(=O)c1ccc(OC)c(N2CCN(C(=O)c3ccc(F)cc3Cl)C[C@@H]2C)c1. The molecule has 33 heavy (non-hydrogen) atoms. The summed E-state index contributed by atoms with van der Waals surface area (Å²) in [5.74, 6) is -0.211. The van der Waals surface area contributed by atoms with Gasteiger partial charge >= 0.3 is 0 Å². The van der Waals surface area contributed by atoms with Crippen molar-refractivity contribution in [2.75, 3.05) is 45.2 Å². The number of hydrogen-bond donors (Lipinski definition) is 0. The Morgan fingerprint density at radius 3 is 2.58 bits per heavy atom. The molecule has 0 saturated carbocycles. The van der Waals surface area contributed by atoms with Gasteiger partial charge in [-0.2, -0.15) is 0 Å². The first kappa shape index (κ1) is 25.3. The summed E-state index contributed by atoms with van der Waals surface area (Å²) >= 11 is 6.08. The molecule has 1 atom stereocenters. The van der Waals surface area contributed by atoms with E-state index in [1.165, 1.54) is 23.5 Å². The van der Waals surface area contributed by atoms with Gasteiger partial charge in [-0.25, -0.2) is 17.1 Å². The molecule has 1 aliphatic rings. The molecule has 0 spiro atoms. The van der Waals surface area contributed by atoms with Crippen molar-refractivity contribution in [3.8, 4) is 5.75 Å². The van der Waals surface area contributed by atoms with Crippen LogP contribution in [0.1, 0.15) is 30.6 Å². The van der Waals surface area contributed by atoms with Crippen molar-refractivity contribution in [1.29, 1.82) is 0 Å². The Hall–Kier alpha value is -2.36. The van der Waals surface area contributed by atoms with Crippen molar-refractivity contribution in [3.63, 3.8) is 0 Å². The average Bonchev–Trinajstić information content (AvgIpc) is 2.78. The summed E-state index contributed by atoms with van der Waals surface area (Å²) in [5, 5.41) is 0.0749. The average molecular weight is 498 g/mol. The van der Waals surface area contributed by atoms with Gasteiger partial charge < -0.3 is 14.5 Å². The fourth-order valence-corrected chi connectivity index (χ4v) is 5.53. The molecule has 180 valence electrons. The highest BCUT2D eigenvalue weighted by Crippen LogP contribution is 2.34. The second-order valence-corrected chi connectivity index (χ2v) is 10.5. The standard InChI is InChI=1S/C23H29ClFN3O4S/c1-5-10-26(3)33(30,31)18-7-9-22(32-4)21(14-18)28-12-11-27(15-16(28)2)23(29)19-8-6-17(25)13-20(19)24/h6-9,13-14,16H,5,10-12,15H2,1-4H3/t16-/m0/s1. The number of amides is 1. The van der Waals surface area contributed by atoms with E-state index in [0.717, 1.165) is 6.07 Å². The van der Waals surface area contributed by atoms with Crippen LogP contribution in [0.3, 0.4) is 0 Å². The normalized spacial score (nSPS) is 16.9. The Balaban J connectivity index is 1.85. The molecule has 10 heteroatoms. The van der Waals surface area contributed by atoms with Crippen LogP contribution in [-0.2, 0) is 10.0 Å². The maximum Gasteiger partial charge on any atom is 0.255 e. The summed E-state index contributed by atoms with van der Waals surface area (Å²) < 4.78 is 46.1. The Kier molecular flexibility index (Phi) is 7.87. The van der Waals surface area contributed by atoms with Gasteiger partial charge in [0.25, 0.3) is 5.91 Å². The van der Waals surface area contributed by atoms with Crippen LogP contribution >= 0.6 is 11.6 Å². The van der Waals surface area contributed by atoms with Crippen LogP contribution in [0.5, 0.6) is 5.75 Å². The predicted octanol–water partition coefficient (Wildman–Crippen LogP) is 3.87. The first-order chi connectivity index (χ1) is 15.6. The fourth-order valence-electron chi connectivity index (χ4n) is 4.00. The number of carbonyl (C=O) groups excluding carboxylic acids is 1. The molecule has 2 aromatic carbocycles. The van der Waals surface area contributed by atoms with E-state index in [1.807, 2.05) is 18.7 Å². The maximum atomic E-state index is 13.4. The number of ether oxygens (including phenoxy) is 1. The zero-order valence-electron chi connectivity index (χ0n) is 19.2. The molecular formula is C23H29ClFN3O4S. The minimum Gasteiger partial charge on any atom is -0.495 e. The molecule has 0 aliphatic carbocycles. The quantitative estimate of drug-likeness (QED) is 0.580. The van der Waals surface area contributed by atoms with Gasteiger partial charge in [0.2, 0.25) is 10.0 Å². The zero-order valence-corrected chi connectivity index (χ0v) is 20.8. The van der Waals surface area contributed by atoms with E-state index < -0.39 is 15.8 Å². The molecule has 0 N–H and O–H groups in total. The highest BCUT2D eigenvalue weighted by atomic mass is 35.5. The minimum atomic E-state index is -3.63. The van der Waals surface area contributed by atoms with Crippen LogP contribution in [0.25, 0.3) is 0 Å². The van der Waals surface area contributed by atoms with Crippen LogP contribution < -0.4 is 9.64 Å². The Morgan fingerprint density at radius 1 is 1.24 bits per heavy atom. The van der Waals surface area contributed by atoms with Crippen molar-refractivity contribution in [2.24, 2.45) is 0 Å². The molecule has 1 amide bonds. The van der Waals surface area contributed by atoms with Crippen molar-refractivity contribution >= 4 is 33.2 Å². The van der Waals surface area contributed by atoms with Gasteiger partial charge in [-0.05, 0) is 49.7 Å². The number of piperazine rings is 1. The molecule has 0 bridgehead atoms. The summed E-state index contributed by atoms with van der Waals surface area (Å²) in [6.45, 7) is 5.56. The lowest BCUT2D eigenvalue weighted by molar-refractivity contribution is 0.0726. The van der Waals surface area contributed by atoms with E-state index in [-0.39, 0.29) is 27.4 Å². The topological polar surface area (TPSA) is 70.2 Å². The summed E-state index contributed by atoms with van der Waals surface area (Å²) in [4.78, 5) is 16.9. The predicted molar refractivity (Wildman–Crippen MR) is 127 cm³/mol. The number of nitrogens with zero attached hydrogens (tertiary/aromatic N) is 3.